The smallest absolute Gasteiger partial charge is 0.295 e. The number of nitrogens with zero attached hydrogens (tertiary/aromatic N) is 2. The topological polar surface area (TPSA) is 70.1 Å². The number of ether oxygens (including phenoxy) is 1. The molecule has 3 rings (SSSR count). The van der Waals surface area contributed by atoms with E-state index in [4.69, 9.17) is 4.74 Å². The molecule has 2 aromatic carbocycles. The molecule has 1 heterocycles. The van der Waals surface area contributed by atoms with Crippen molar-refractivity contribution in [3.05, 3.63) is 71.3 Å². The number of hydrogen-bond donors (Lipinski definition) is 1. The summed E-state index contributed by atoms with van der Waals surface area (Å²) in [4.78, 5) is 29.5. The highest BCUT2D eigenvalue weighted by Gasteiger charge is 2.46. The van der Waals surface area contributed by atoms with Crippen LogP contribution in [0.4, 0.5) is 0 Å². The quantitative estimate of drug-likeness (QED) is 0.261. The lowest BCUT2D eigenvalue weighted by atomic mass is 9.95. The molecule has 1 fully saturated rings. The van der Waals surface area contributed by atoms with E-state index in [1.807, 2.05) is 49.3 Å². The fourth-order valence-electron chi connectivity index (χ4n) is 3.83. The minimum absolute atomic E-state index is 0.114. The van der Waals surface area contributed by atoms with Gasteiger partial charge in [0.1, 0.15) is 11.5 Å². The number of Topliss-reactive ketones (excluding diaryl/α,β-unsaturated/α-hetero) is 1. The molecule has 0 aromatic heterocycles. The van der Waals surface area contributed by atoms with Crippen molar-refractivity contribution in [1.29, 1.82) is 0 Å². The Balaban J connectivity index is 2.02. The number of likely N-dealkylation sites (N-methyl/N-ethyl adjacent to an activating group) is 1. The molecule has 6 heteroatoms. The van der Waals surface area contributed by atoms with E-state index in [2.05, 4.69) is 6.92 Å². The van der Waals surface area contributed by atoms with Crippen LogP contribution in [-0.2, 0) is 9.59 Å². The Morgan fingerprint density at radius 1 is 1.06 bits per heavy atom. The monoisotopic (exact) mass is 436 g/mol. The maximum absolute atomic E-state index is 13.0. The molecule has 6 nitrogen and oxygen atoms in total. The Bertz CT molecular complexity index is 969. The van der Waals surface area contributed by atoms with E-state index < -0.39 is 17.7 Å². The summed E-state index contributed by atoms with van der Waals surface area (Å²) >= 11 is 0. The van der Waals surface area contributed by atoms with E-state index in [1.165, 1.54) is 0 Å². The molecule has 170 valence electrons. The highest BCUT2D eigenvalue weighted by atomic mass is 16.5. The molecule has 2 aromatic rings. The van der Waals surface area contributed by atoms with Gasteiger partial charge >= 0.3 is 0 Å². The molecule has 0 saturated carbocycles. The zero-order valence-corrected chi connectivity index (χ0v) is 19.1. The van der Waals surface area contributed by atoms with Gasteiger partial charge in [0.15, 0.2) is 0 Å². The highest BCUT2D eigenvalue weighted by Crippen LogP contribution is 2.40. The van der Waals surface area contributed by atoms with E-state index in [1.54, 1.807) is 29.2 Å². The molecule has 1 saturated heterocycles. The zero-order chi connectivity index (χ0) is 23.1. The molecule has 32 heavy (non-hydrogen) atoms. The largest absolute Gasteiger partial charge is 0.507 e. The lowest BCUT2D eigenvalue weighted by Crippen LogP contribution is -2.35. The molecular formula is C26H32N2O4. The average Bonchev–Trinajstić information content (AvgIpc) is 3.05. The van der Waals surface area contributed by atoms with Crippen LogP contribution in [-0.4, -0.2) is 60.4 Å². The third-order valence-electron chi connectivity index (χ3n) is 5.57. The molecule has 1 atom stereocenters. The van der Waals surface area contributed by atoms with Crippen LogP contribution in [0, 0.1) is 0 Å². The van der Waals surface area contributed by atoms with Gasteiger partial charge in [0, 0.05) is 18.7 Å². The van der Waals surface area contributed by atoms with E-state index in [0.29, 0.717) is 31.0 Å². The number of rotatable bonds is 10. The first-order chi connectivity index (χ1) is 15.4. The van der Waals surface area contributed by atoms with Gasteiger partial charge in [-0.25, -0.2) is 0 Å². The molecule has 0 bridgehead atoms. The number of likely N-dealkylation sites (tertiary alicyclic amines) is 1. The first-order valence-corrected chi connectivity index (χ1v) is 11.1. The van der Waals surface area contributed by atoms with Crippen LogP contribution in [0.3, 0.4) is 0 Å². The van der Waals surface area contributed by atoms with Gasteiger partial charge in [0.25, 0.3) is 11.7 Å². The summed E-state index contributed by atoms with van der Waals surface area (Å²) < 4.78 is 5.90. The molecule has 1 aliphatic rings. The molecule has 0 radical (unpaired) electrons. The number of carbonyl (C=O) groups is 2. The third-order valence-corrected chi connectivity index (χ3v) is 5.57. The average molecular weight is 437 g/mol. The van der Waals surface area contributed by atoms with E-state index >= 15 is 0 Å². The van der Waals surface area contributed by atoms with Crippen LogP contribution in [0.5, 0.6) is 5.75 Å². The van der Waals surface area contributed by atoms with Crippen molar-refractivity contribution in [2.75, 3.05) is 33.8 Å². The summed E-state index contributed by atoms with van der Waals surface area (Å²) in [7, 11) is 3.83. The Kier molecular flexibility index (Phi) is 8.06. The van der Waals surface area contributed by atoms with Crippen LogP contribution in [0.25, 0.3) is 5.76 Å². The van der Waals surface area contributed by atoms with Crippen molar-refractivity contribution in [3.63, 3.8) is 0 Å². The van der Waals surface area contributed by atoms with E-state index in [9.17, 15) is 14.7 Å². The van der Waals surface area contributed by atoms with Crippen molar-refractivity contribution >= 4 is 17.4 Å². The molecule has 1 unspecified atom stereocenters. The Hall–Kier alpha value is -3.12. The second-order valence-electron chi connectivity index (χ2n) is 8.29. The summed E-state index contributed by atoms with van der Waals surface area (Å²) in [6, 6.07) is 15.7. The summed E-state index contributed by atoms with van der Waals surface area (Å²) in [6.07, 6.45) is 3.18. The molecular weight excluding hydrogens is 404 g/mol. The SMILES string of the molecule is CCCCCOc1cccc(C2C(=C(O)c3ccccc3)C(=O)C(=O)N2CCN(C)C)c1. The second-order valence-corrected chi connectivity index (χ2v) is 8.29. The maximum Gasteiger partial charge on any atom is 0.295 e. The Morgan fingerprint density at radius 3 is 2.50 bits per heavy atom. The van der Waals surface area contributed by atoms with Gasteiger partial charge < -0.3 is 19.6 Å². The number of aliphatic hydroxyl groups excluding tert-OH is 1. The summed E-state index contributed by atoms with van der Waals surface area (Å²) in [5.41, 5.74) is 1.37. The zero-order valence-electron chi connectivity index (χ0n) is 19.1. The van der Waals surface area contributed by atoms with Crippen molar-refractivity contribution in [2.24, 2.45) is 0 Å². The van der Waals surface area contributed by atoms with Crippen molar-refractivity contribution < 1.29 is 19.4 Å². The van der Waals surface area contributed by atoms with Crippen LogP contribution in [0.1, 0.15) is 43.4 Å². The lowest BCUT2D eigenvalue weighted by molar-refractivity contribution is -0.140. The number of unbranched alkanes of at least 4 members (excludes halogenated alkanes) is 2. The standard InChI is InChI=1S/C26H32N2O4/c1-4-5-9-17-32-21-14-10-13-20(18-21)23-22(24(29)19-11-7-6-8-12-19)25(30)26(31)28(23)16-15-27(2)3/h6-8,10-14,18,23,29H,4-5,9,15-17H2,1-3H3. The first kappa shape index (κ1) is 23.5. The van der Waals surface area contributed by atoms with E-state index in [0.717, 1.165) is 24.8 Å². The number of ketones is 1. The van der Waals surface area contributed by atoms with Gasteiger partial charge in [0.2, 0.25) is 0 Å². The number of aliphatic hydroxyl groups is 1. The van der Waals surface area contributed by atoms with Crippen molar-refractivity contribution in [2.45, 2.75) is 32.2 Å². The fourth-order valence-corrected chi connectivity index (χ4v) is 3.83. The summed E-state index contributed by atoms with van der Waals surface area (Å²) in [6.45, 7) is 3.73. The van der Waals surface area contributed by atoms with Gasteiger partial charge in [-0.15, -0.1) is 0 Å². The van der Waals surface area contributed by atoms with Crippen LogP contribution in [0.15, 0.2) is 60.2 Å². The molecule has 1 N–H and O–H groups in total. The predicted octanol–water partition coefficient (Wildman–Crippen LogP) is 4.24. The molecule has 1 amide bonds. The minimum atomic E-state index is -0.672. The van der Waals surface area contributed by atoms with Crippen LogP contribution < -0.4 is 4.74 Å². The molecule has 0 spiro atoms. The Morgan fingerprint density at radius 2 is 1.81 bits per heavy atom. The normalized spacial score (nSPS) is 17.9. The van der Waals surface area contributed by atoms with Crippen molar-refractivity contribution in [1.82, 2.24) is 9.80 Å². The molecule has 1 aliphatic heterocycles. The van der Waals surface area contributed by atoms with Gasteiger partial charge in [-0.05, 0) is 38.2 Å². The van der Waals surface area contributed by atoms with Gasteiger partial charge in [-0.2, -0.15) is 0 Å². The minimum Gasteiger partial charge on any atom is -0.507 e. The van der Waals surface area contributed by atoms with Gasteiger partial charge in [-0.1, -0.05) is 62.2 Å². The van der Waals surface area contributed by atoms with Gasteiger partial charge in [0.05, 0.1) is 18.2 Å². The fraction of sp³-hybridized carbons (Fsp3) is 0.385. The van der Waals surface area contributed by atoms with Crippen molar-refractivity contribution in [3.8, 4) is 5.75 Å². The predicted molar refractivity (Wildman–Crippen MR) is 125 cm³/mol. The maximum atomic E-state index is 13.0. The number of carbonyl (C=O) groups excluding carboxylic acids is 2. The molecule has 0 aliphatic carbocycles. The van der Waals surface area contributed by atoms with Crippen LogP contribution >= 0.6 is 0 Å². The number of amides is 1. The number of hydrogen-bond acceptors (Lipinski definition) is 5. The third kappa shape index (κ3) is 5.37. The Labute approximate surface area is 190 Å². The summed E-state index contributed by atoms with van der Waals surface area (Å²) in [5.74, 6) is -0.722. The van der Waals surface area contributed by atoms with Gasteiger partial charge in [-0.3, -0.25) is 9.59 Å². The van der Waals surface area contributed by atoms with E-state index in [-0.39, 0.29) is 11.3 Å². The second kappa shape index (κ2) is 11.0. The first-order valence-electron chi connectivity index (χ1n) is 11.1. The lowest BCUT2D eigenvalue weighted by Gasteiger charge is -2.27. The van der Waals surface area contributed by atoms with Crippen LogP contribution in [0.2, 0.25) is 0 Å². The highest BCUT2D eigenvalue weighted by molar-refractivity contribution is 6.46. The summed E-state index contributed by atoms with van der Waals surface area (Å²) in [5, 5.41) is 11.0. The number of benzene rings is 2.